The molecule has 0 aliphatic rings. The summed E-state index contributed by atoms with van der Waals surface area (Å²) in [6, 6.07) is 18.3. The van der Waals surface area contributed by atoms with E-state index in [9.17, 15) is 4.79 Å². The lowest BCUT2D eigenvalue weighted by Gasteiger charge is -2.14. The third kappa shape index (κ3) is 4.51. The van der Waals surface area contributed by atoms with Crippen LogP contribution in [0.5, 0.6) is 0 Å². The van der Waals surface area contributed by atoms with E-state index >= 15 is 0 Å². The summed E-state index contributed by atoms with van der Waals surface area (Å²) in [6.07, 6.45) is 2.38. The van der Waals surface area contributed by atoms with Gasteiger partial charge in [0.2, 0.25) is 5.91 Å². The molecule has 2 aromatic carbocycles. The number of benzene rings is 2. The zero-order chi connectivity index (χ0) is 18.4. The molecule has 0 bridgehead atoms. The number of amides is 1. The van der Waals surface area contributed by atoms with Gasteiger partial charge in [-0.15, -0.1) is 0 Å². The molecule has 1 aromatic heterocycles. The van der Waals surface area contributed by atoms with E-state index in [0.717, 1.165) is 36.2 Å². The van der Waals surface area contributed by atoms with Gasteiger partial charge < -0.3 is 9.88 Å². The standard InChI is InChI=1S/C22H27N3O/c1-3-17(2)16-25-20-12-8-7-11-19(20)24-21(25)15-23-22(26)14-13-18-9-5-4-6-10-18/h4-12,17H,3,13-16H2,1-2H3,(H,23,26). The van der Waals surface area contributed by atoms with Crippen molar-refractivity contribution in [1.29, 1.82) is 0 Å². The Morgan fingerprint density at radius 3 is 2.62 bits per heavy atom. The van der Waals surface area contributed by atoms with Gasteiger partial charge in [-0.25, -0.2) is 4.98 Å². The molecule has 0 radical (unpaired) electrons. The highest BCUT2D eigenvalue weighted by molar-refractivity contribution is 5.77. The first-order chi connectivity index (χ1) is 12.7. The third-order valence-electron chi connectivity index (χ3n) is 4.85. The van der Waals surface area contributed by atoms with E-state index < -0.39 is 0 Å². The Balaban J connectivity index is 1.66. The summed E-state index contributed by atoms with van der Waals surface area (Å²) >= 11 is 0. The molecule has 26 heavy (non-hydrogen) atoms. The SMILES string of the molecule is CCC(C)Cn1c(CNC(=O)CCc2ccccc2)nc2ccccc21. The van der Waals surface area contributed by atoms with E-state index in [0.29, 0.717) is 18.9 Å². The average Bonchev–Trinajstić information content (AvgIpc) is 3.03. The minimum atomic E-state index is 0.0657. The second kappa shape index (κ2) is 8.65. The van der Waals surface area contributed by atoms with Crippen LogP contribution in [-0.2, 0) is 24.3 Å². The quantitative estimate of drug-likeness (QED) is 0.658. The number of hydrogen-bond acceptors (Lipinski definition) is 2. The fraction of sp³-hybridized carbons (Fsp3) is 0.364. The Morgan fingerprint density at radius 2 is 1.85 bits per heavy atom. The second-order valence-electron chi connectivity index (χ2n) is 6.90. The lowest BCUT2D eigenvalue weighted by atomic mass is 10.1. The highest BCUT2D eigenvalue weighted by Crippen LogP contribution is 2.19. The van der Waals surface area contributed by atoms with Crippen LogP contribution >= 0.6 is 0 Å². The summed E-state index contributed by atoms with van der Waals surface area (Å²) in [5, 5.41) is 3.04. The highest BCUT2D eigenvalue weighted by Gasteiger charge is 2.13. The maximum Gasteiger partial charge on any atom is 0.220 e. The summed E-state index contributed by atoms with van der Waals surface area (Å²) in [5.74, 6) is 1.57. The van der Waals surface area contributed by atoms with Gasteiger partial charge in [0, 0.05) is 13.0 Å². The first kappa shape index (κ1) is 18.2. The second-order valence-corrected chi connectivity index (χ2v) is 6.90. The van der Waals surface area contributed by atoms with Crippen LogP contribution in [0.3, 0.4) is 0 Å². The minimum absolute atomic E-state index is 0.0657. The van der Waals surface area contributed by atoms with Gasteiger partial charge in [0.1, 0.15) is 5.82 Å². The third-order valence-corrected chi connectivity index (χ3v) is 4.85. The molecule has 136 valence electrons. The van der Waals surface area contributed by atoms with E-state index in [1.54, 1.807) is 0 Å². The summed E-state index contributed by atoms with van der Waals surface area (Å²) in [6.45, 7) is 5.84. The number of aromatic nitrogens is 2. The van der Waals surface area contributed by atoms with Crippen LogP contribution in [0.15, 0.2) is 54.6 Å². The maximum absolute atomic E-state index is 12.2. The van der Waals surface area contributed by atoms with Crippen LogP contribution in [0.2, 0.25) is 0 Å². The fourth-order valence-electron chi connectivity index (χ4n) is 3.07. The first-order valence-corrected chi connectivity index (χ1v) is 9.42. The molecule has 0 aliphatic heterocycles. The van der Waals surface area contributed by atoms with Crippen molar-refractivity contribution in [2.75, 3.05) is 0 Å². The van der Waals surface area contributed by atoms with Crippen LogP contribution in [0.4, 0.5) is 0 Å². The number of rotatable bonds is 8. The van der Waals surface area contributed by atoms with Crippen molar-refractivity contribution in [3.05, 3.63) is 66.0 Å². The van der Waals surface area contributed by atoms with Crippen molar-refractivity contribution in [3.8, 4) is 0 Å². The zero-order valence-electron chi connectivity index (χ0n) is 15.6. The molecule has 0 saturated heterocycles. The molecule has 0 aliphatic carbocycles. The van der Waals surface area contributed by atoms with Crippen molar-refractivity contribution < 1.29 is 4.79 Å². The Bertz CT molecular complexity index is 854. The molecule has 1 atom stereocenters. The van der Waals surface area contributed by atoms with Crippen LogP contribution in [0.25, 0.3) is 11.0 Å². The number of aryl methyl sites for hydroxylation is 1. The number of imidazole rings is 1. The summed E-state index contributed by atoms with van der Waals surface area (Å²) in [4.78, 5) is 17.0. The highest BCUT2D eigenvalue weighted by atomic mass is 16.1. The summed E-state index contributed by atoms with van der Waals surface area (Å²) < 4.78 is 2.25. The summed E-state index contributed by atoms with van der Waals surface area (Å²) in [5.41, 5.74) is 3.32. The van der Waals surface area contributed by atoms with Crippen LogP contribution < -0.4 is 5.32 Å². The van der Waals surface area contributed by atoms with E-state index in [4.69, 9.17) is 4.98 Å². The number of nitrogens with zero attached hydrogens (tertiary/aromatic N) is 2. The molecule has 1 unspecified atom stereocenters. The number of para-hydroxylation sites is 2. The van der Waals surface area contributed by atoms with Crippen molar-refractivity contribution in [2.45, 2.75) is 46.2 Å². The van der Waals surface area contributed by atoms with E-state index in [1.165, 1.54) is 5.56 Å². The van der Waals surface area contributed by atoms with Crippen LogP contribution in [0, 0.1) is 5.92 Å². The lowest BCUT2D eigenvalue weighted by Crippen LogP contribution is -2.25. The van der Waals surface area contributed by atoms with Crippen molar-refractivity contribution in [3.63, 3.8) is 0 Å². The van der Waals surface area contributed by atoms with E-state index in [1.807, 2.05) is 36.4 Å². The molecule has 0 fully saturated rings. The number of fused-ring (bicyclic) bond motifs is 1. The normalized spacial score (nSPS) is 12.2. The van der Waals surface area contributed by atoms with Gasteiger partial charge in [0.25, 0.3) is 0 Å². The molecule has 4 heteroatoms. The molecule has 3 rings (SSSR count). The molecule has 4 nitrogen and oxygen atoms in total. The Hall–Kier alpha value is -2.62. The van der Waals surface area contributed by atoms with Crippen LogP contribution in [-0.4, -0.2) is 15.5 Å². The van der Waals surface area contributed by atoms with E-state index in [-0.39, 0.29) is 5.91 Å². The molecule has 1 amide bonds. The van der Waals surface area contributed by atoms with E-state index in [2.05, 4.69) is 41.9 Å². The van der Waals surface area contributed by atoms with Crippen molar-refractivity contribution >= 4 is 16.9 Å². The number of nitrogens with one attached hydrogen (secondary N) is 1. The fourth-order valence-corrected chi connectivity index (χ4v) is 3.07. The first-order valence-electron chi connectivity index (χ1n) is 9.42. The molecular formula is C22H27N3O. The Labute approximate surface area is 155 Å². The predicted octanol–water partition coefficient (Wildman–Crippen LogP) is 4.33. The van der Waals surface area contributed by atoms with Crippen LogP contribution in [0.1, 0.15) is 38.1 Å². The largest absolute Gasteiger partial charge is 0.349 e. The van der Waals surface area contributed by atoms with Gasteiger partial charge in [-0.1, -0.05) is 62.7 Å². The lowest BCUT2D eigenvalue weighted by molar-refractivity contribution is -0.121. The molecule has 0 saturated carbocycles. The maximum atomic E-state index is 12.2. The number of carbonyl (C=O) groups excluding carboxylic acids is 1. The minimum Gasteiger partial charge on any atom is -0.349 e. The van der Waals surface area contributed by atoms with Gasteiger partial charge in [0.05, 0.1) is 17.6 Å². The van der Waals surface area contributed by atoms with Gasteiger partial charge in [-0.3, -0.25) is 4.79 Å². The number of carbonyl (C=O) groups is 1. The Morgan fingerprint density at radius 1 is 1.12 bits per heavy atom. The van der Waals surface area contributed by atoms with Gasteiger partial charge >= 0.3 is 0 Å². The molecular weight excluding hydrogens is 322 g/mol. The van der Waals surface area contributed by atoms with Gasteiger partial charge in [-0.2, -0.15) is 0 Å². The molecule has 1 N–H and O–H groups in total. The molecule has 1 heterocycles. The van der Waals surface area contributed by atoms with Gasteiger partial charge in [-0.05, 0) is 30.0 Å². The molecule has 3 aromatic rings. The van der Waals surface area contributed by atoms with Gasteiger partial charge in [0.15, 0.2) is 0 Å². The zero-order valence-corrected chi connectivity index (χ0v) is 15.6. The predicted molar refractivity (Wildman–Crippen MR) is 106 cm³/mol. The monoisotopic (exact) mass is 349 g/mol. The van der Waals surface area contributed by atoms with Crippen molar-refractivity contribution in [2.24, 2.45) is 5.92 Å². The Kier molecular flexibility index (Phi) is 6.05. The van der Waals surface area contributed by atoms with Crippen molar-refractivity contribution in [1.82, 2.24) is 14.9 Å². The summed E-state index contributed by atoms with van der Waals surface area (Å²) in [7, 11) is 0. The average molecular weight is 349 g/mol. The number of hydrogen-bond donors (Lipinski definition) is 1. The molecule has 0 spiro atoms. The topological polar surface area (TPSA) is 46.9 Å². The smallest absolute Gasteiger partial charge is 0.220 e.